The standard InChI is InChI=1S/C16H21N5O/c1-20-14-5-3-2-4-13(14)17-15(20)21-18-16(22-19-21)10-11-6-8-12(16)9-7-11/h2-5,11-12,18-19H,6-10H2,1H3/t11?,12?,16-/m1/s1. The van der Waals surface area contributed by atoms with Crippen molar-refractivity contribution in [2.24, 2.45) is 18.9 Å². The van der Waals surface area contributed by atoms with E-state index in [0.717, 1.165) is 29.3 Å². The lowest BCUT2D eigenvalue weighted by atomic mass is 9.66. The van der Waals surface area contributed by atoms with Gasteiger partial charge in [-0.25, -0.2) is 4.98 Å². The van der Waals surface area contributed by atoms with Crippen LogP contribution in [0.15, 0.2) is 24.3 Å². The predicted molar refractivity (Wildman–Crippen MR) is 83.3 cm³/mol. The fourth-order valence-corrected chi connectivity index (χ4v) is 4.48. The summed E-state index contributed by atoms with van der Waals surface area (Å²) in [5, 5.41) is 1.85. The number of anilines is 1. The summed E-state index contributed by atoms with van der Waals surface area (Å²) in [6.07, 6.45) is 6.31. The van der Waals surface area contributed by atoms with E-state index in [-0.39, 0.29) is 5.72 Å². The molecule has 4 aliphatic rings. The molecule has 6 heteroatoms. The number of hydrazine groups is 2. The Hall–Kier alpha value is -1.63. The van der Waals surface area contributed by atoms with Crippen molar-refractivity contribution in [2.75, 3.05) is 5.12 Å². The lowest BCUT2D eigenvalue weighted by molar-refractivity contribution is -0.153. The molecule has 1 aliphatic heterocycles. The van der Waals surface area contributed by atoms with Crippen LogP contribution in [0.3, 0.4) is 0 Å². The summed E-state index contributed by atoms with van der Waals surface area (Å²) in [5.41, 5.74) is 8.49. The Morgan fingerprint density at radius 1 is 1.23 bits per heavy atom. The van der Waals surface area contributed by atoms with E-state index < -0.39 is 0 Å². The zero-order chi connectivity index (χ0) is 14.7. The van der Waals surface area contributed by atoms with E-state index in [1.54, 1.807) is 0 Å². The van der Waals surface area contributed by atoms with Gasteiger partial charge in [0.1, 0.15) is 0 Å². The molecule has 1 saturated heterocycles. The number of hydrogen-bond acceptors (Lipinski definition) is 5. The molecule has 1 aromatic carbocycles. The van der Waals surface area contributed by atoms with Crippen LogP contribution in [0.1, 0.15) is 32.1 Å². The first-order chi connectivity index (χ1) is 10.8. The summed E-state index contributed by atoms with van der Waals surface area (Å²) >= 11 is 0. The zero-order valence-electron chi connectivity index (χ0n) is 12.7. The Morgan fingerprint density at radius 2 is 2.05 bits per heavy atom. The van der Waals surface area contributed by atoms with Crippen molar-refractivity contribution in [3.05, 3.63) is 24.3 Å². The van der Waals surface area contributed by atoms with Gasteiger partial charge in [-0.05, 0) is 50.2 Å². The molecular formula is C16H21N5O. The Morgan fingerprint density at radius 3 is 2.77 bits per heavy atom. The molecule has 0 radical (unpaired) electrons. The molecule has 2 aromatic rings. The van der Waals surface area contributed by atoms with Crippen molar-refractivity contribution in [3.63, 3.8) is 0 Å². The van der Waals surface area contributed by atoms with Gasteiger partial charge in [-0.2, -0.15) is 10.5 Å². The van der Waals surface area contributed by atoms with Crippen LogP contribution in [-0.2, 0) is 11.9 Å². The molecular weight excluding hydrogens is 278 g/mol. The minimum Gasteiger partial charge on any atom is -0.311 e. The molecule has 0 unspecified atom stereocenters. The van der Waals surface area contributed by atoms with Crippen LogP contribution in [-0.4, -0.2) is 15.3 Å². The topological polar surface area (TPSA) is 54.4 Å². The maximum Gasteiger partial charge on any atom is 0.238 e. The predicted octanol–water partition coefficient (Wildman–Crippen LogP) is 2.24. The van der Waals surface area contributed by atoms with E-state index in [1.165, 1.54) is 25.7 Å². The van der Waals surface area contributed by atoms with Crippen molar-refractivity contribution in [1.82, 2.24) is 20.6 Å². The van der Waals surface area contributed by atoms with Crippen molar-refractivity contribution in [1.29, 1.82) is 0 Å². The van der Waals surface area contributed by atoms with Gasteiger partial charge >= 0.3 is 0 Å². The third kappa shape index (κ3) is 1.68. The summed E-state index contributed by atoms with van der Waals surface area (Å²) < 4.78 is 2.08. The molecule has 6 rings (SSSR count). The van der Waals surface area contributed by atoms with Gasteiger partial charge in [0, 0.05) is 13.0 Å². The number of rotatable bonds is 1. The first kappa shape index (κ1) is 12.9. The molecule has 2 heterocycles. The molecule has 1 spiro atoms. The highest BCUT2D eigenvalue weighted by Gasteiger charge is 2.53. The summed E-state index contributed by atoms with van der Waals surface area (Å²) in [6.45, 7) is 0. The molecule has 2 N–H and O–H groups in total. The lowest BCUT2D eigenvalue weighted by Gasteiger charge is -2.47. The number of nitrogens with one attached hydrogen (secondary N) is 2. The van der Waals surface area contributed by atoms with Crippen LogP contribution in [0.5, 0.6) is 0 Å². The van der Waals surface area contributed by atoms with Gasteiger partial charge in [-0.15, -0.1) is 0 Å². The van der Waals surface area contributed by atoms with Gasteiger partial charge in [0.05, 0.1) is 11.0 Å². The van der Waals surface area contributed by atoms with Crippen molar-refractivity contribution in [2.45, 2.75) is 37.8 Å². The van der Waals surface area contributed by atoms with Gasteiger partial charge in [0.2, 0.25) is 5.95 Å². The second-order valence-electron chi connectivity index (χ2n) is 6.91. The largest absolute Gasteiger partial charge is 0.311 e. The number of hydrogen-bond donors (Lipinski definition) is 2. The third-order valence-corrected chi connectivity index (χ3v) is 5.68. The number of fused-ring (bicyclic) bond motifs is 3. The van der Waals surface area contributed by atoms with Crippen LogP contribution in [0.2, 0.25) is 0 Å². The maximum atomic E-state index is 6.04. The second-order valence-corrected chi connectivity index (χ2v) is 6.91. The highest BCUT2D eigenvalue weighted by atomic mass is 16.7. The van der Waals surface area contributed by atoms with Crippen LogP contribution in [0.25, 0.3) is 11.0 Å². The van der Waals surface area contributed by atoms with Crippen molar-refractivity contribution >= 4 is 17.0 Å². The zero-order valence-corrected chi connectivity index (χ0v) is 12.7. The Balaban J connectivity index is 1.48. The van der Waals surface area contributed by atoms with E-state index in [0.29, 0.717) is 5.92 Å². The number of benzene rings is 1. The number of para-hydroxylation sites is 2. The van der Waals surface area contributed by atoms with Crippen LogP contribution >= 0.6 is 0 Å². The van der Waals surface area contributed by atoms with Crippen molar-refractivity contribution in [3.8, 4) is 0 Å². The quantitative estimate of drug-likeness (QED) is 0.846. The fourth-order valence-electron chi connectivity index (χ4n) is 4.48. The first-order valence-corrected chi connectivity index (χ1v) is 8.18. The van der Waals surface area contributed by atoms with Gasteiger partial charge in [0.15, 0.2) is 5.72 Å². The monoisotopic (exact) mass is 299 g/mol. The van der Waals surface area contributed by atoms with Crippen molar-refractivity contribution < 1.29 is 4.84 Å². The molecule has 22 heavy (non-hydrogen) atoms. The molecule has 116 valence electrons. The molecule has 3 saturated carbocycles. The number of aryl methyl sites for hydroxylation is 1. The maximum absolute atomic E-state index is 6.04. The summed E-state index contributed by atoms with van der Waals surface area (Å²) in [7, 11) is 2.03. The number of nitrogens with zero attached hydrogens (tertiary/aromatic N) is 3. The lowest BCUT2D eigenvalue weighted by Crippen LogP contribution is -2.57. The average Bonchev–Trinajstić information content (AvgIpc) is 3.11. The minimum atomic E-state index is -0.251. The van der Waals surface area contributed by atoms with E-state index in [9.17, 15) is 0 Å². The minimum absolute atomic E-state index is 0.251. The van der Waals surface area contributed by atoms with E-state index in [2.05, 4.69) is 21.6 Å². The third-order valence-electron chi connectivity index (χ3n) is 5.68. The summed E-state index contributed by atoms with van der Waals surface area (Å²) in [4.78, 5) is 10.8. The SMILES string of the molecule is Cn1c(N2NO[C@@]3(CC4CCC3CC4)N2)nc2ccccc21. The summed E-state index contributed by atoms with van der Waals surface area (Å²) in [6, 6.07) is 8.17. The molecule has 6 nitrogen and oxygen atoms in total. The first-order valence-electron chi connectivity index (χ1n) is 8.18. The molecule has 1 aromatic heterocycles. The summed E-state index contributed by atoms with van der Waals surface area (Å²) in [5.74, 6) is 2.21. The Labute approximate surface area is 129 Å². The molecule has 0 amide bonds. The van der Waals surface area contributed by atoms with Crippen LogP contribution in [0.4, 0.5) is 5.95 Å². The average molecular weight is 299 g/mol. The Kier molecular flexibility index (Phi) is 2.60. The fraction of sp³-hybridized carbons (Fsp3) is 0.562. The van der Waals surface area contributed by atoms with E-state index >= 15 is 0 Å². The van der Waals surface area contributed by atoms with Gasteiger partial charge in [0.25, 0.3) is 0 Å². The highest BCUT2D eigenvalue weighted by molar-refractivity contribution is 5.78. The smallest absolute Gasteiger partial charge is 0.238 e. The molecule has 2 bridgehead atoms. The highest BCUT2D eigenvalue weighted by Crippen LogP contribution is 2.49. The molecule has 3 aliphatic carbocycles. The molecule has 4 fully saturated rings. The van der Waals surface area contributed by atoms with E-state index in [4.69, 9.17) is 9.82 Å². The normalized spacial score (nSPS) is 34.1. The van der Waals surface area contributed by atoms with Crippen LogP contribution < -0.4 is 16.1 Å². The Bertz CT molecular complexity index is 720. The molecule has 1 atom stereocenters. The number of aromatic nitrogens is 2. The van der Waals surface area contributed by atoms with Gasteiger partial charge in [-0.3, -0.25) is 4.84 Å². The van der Waals surface area contributed by atoms with Gasteiger partial charge < -0.3 is 4.57 Å². The van der Waals surface area contributed by atoms with Gasteiger partial charge in [-0.1, -0.05) is 17.7 Å². The number of imidazole rings is 1. The second kappa shape index (κ2) is 4.44. The van der Waals surface area contributed by atoms with E-state index in [1.807, 2.05) is 30.4 Å². The van der Waals surface area contributed by atoms with Crippen LogP contribution in [0, 0.1) is 11.8 Å².